The lowest BCUT2D eigenvalue weighted by Crippen LogP contribution is -2.55. The molecule has 82 valence electrons. The molecular weight excluding hydrogens is 208 g/mol. The molecule has 0 spiro atoms. The third-order valence-corrected chi connectivity index (χ3v) is 2.38. The van der Waals surface area contributed by atoms with Crippen molar-refractivity contribution in [3.63, 3.8) is 0 Å². The van der Waals surface area contributed by atoms with Crippen molar-refractivity contribution >= 4 is 6.09 Å². The van der Waals surface area contributed by atoms with E-state index in [-0.39, 0.29) is 6.10 Å². The smallest absolute Gasteiger partial charge is 0.407 e. The van der Waals surface area contributed by atoms with Crippen LogP contribution >= 0.6 is 0 Å². The van der Waals surface area contributed by atoms with Crippen molar-refractivity contribution in [1.29, 1.82) is 5.26 Å². The Balaban J connectivity index is 1.92. The van der Waals surface area contributed by atoms with Gasteiger partial charge >= 0.3 is 6.09 Å². The number of carbonyl (C=O) groups is 1. The zero-order chi connectivity index (χ0) is 11.5. The maximum Gasteiger partial charge on any atom is 0.407 e. The van der Waals surface area contributed by atoms with Crippen LogP contribution in [-0.4, -0.2) is 35.3 Å². The maximum absolute atomic E-state index is 10.5. The lowest BCUT2D eigenvalue weighted by atomic mass is 10.2. The Kier molecular flexibility index (Phi) is 2.64. The fourth-order valence-corrected chi connectivity index (χ4v) is 1.50. The molecule has 16 heavy (non-hydrogen) atoms. The highest BCUT2D eigenvalue weighted by atomic mass is 16.5. The van der Waals surface area contributed by atoms with Gasteiger partial charge in [0.1, 0.15) is 11.9 Å². The number of carboxylic acid groups (broad SMARTS) is 1. The molecule has 1 fully saturated rings. The third kappa shape index (κ3) is 2.06. The zero-order valence-corrected chi connectivity index (χ0v) is 8.46. The van der Waals surface area contributed by atoms with E-state index in [0.29, 0.717) is 24.4 Å². The number of nitriles is 1. The van der Waals surface area contributed by atoms with Crippen LogP contribution in [0.4, 0.5) is 4.79 Å². The van der Waals surface area contributed by atoms with Gasteiger partial charge in [-0.3, -0.25) is 0 Å². The van der Waals surface area contributed by atoms with Gasteiger partial charge in [0.25, 0.3) is 0 Å². The summed E-state index contributed by atoms with van der Waals surface area (Å²) in [6, 6.07) is 8.84. The summed E-state index contributed by atoms with van der Waals surface area (Å²) < 4.78 is 5.52. The minimum Gasteiger partial charge on any atom is -0.487 e. The van der Waals surface area contributed by atoms with Crippen molar-refractivity contribution < 1.29 is 14.6 Å². The average Bonchev–Trinajstić information content (AvgIpc) is 2.22. The second kappa shape index (κ2) is 4.11. The van der Waals surface area contributed by atoms with Crippen molar-refractivity contribution in [2.24, 2.45) is 0 Å². The molecule has 0 bridgehead atoms. The Morgan fingerprint density at radius 3 is 2.94 bits per heavy atom. The highest BCUT2D eigenvalue weighted by Gasteiger charge is 2.31. The molecule has 0 aliphatic carbocycles. The van der Waals surface area contributed by atoms with E-state index in [4.69, 9.17) is 15.1 Å². The molecule has 1 saturated heterocycles. The van der Waals surface area contributed by atoms with Gasteiger partial charge in [0.05, 0.1) is 24.7 Å². The van der Waals surface area contributed by atoms with Crippen molar-refractivity contribution in [2.45, 2.75) is 6.10 Å². The van der Waals surface area contributed by atoms with Crippen molar-refractivity contribution in [3.8, 4) is 11.8 Å². The van der Waals surface area contributed by atoms with Gasteiger partial charge in [0, 0.05) is 0 Å². The van der Waals surface area contributed by atoms with Crippen LogP contribution in [0.25, 0.3) is 0 Å². The zero-order valence-electron chi connectivity index (χ0n) is 8.46. The number of ether oxygens (including phenoxy) is 1. The molecule has 0 aromatic heterocycles. The maximum atomic E-state index is 10.5. The molecule has 2 rings (SSSR count). The normalized spacial score (nSPS) is 15.1. The summed E-state index contributed by atoms with van der Waals surface area (Å²) in [6.07, 6.45) is -1.03. The minimum absolute atomic E-state index is 0.106. The van der Waals surface area contributed by atoms with Crippen LogP contribution in [0.2, 0.25) is 0 Å². The lowest BCUT2D eigenvalue weighted by Gasteiger charge is -2.36. The fraction of sp³-hybridized carbons (Fsp3) is 0.273. The molecule has 0 atom stereocenters. The third-order valence-electron chi connectivity index (χ3n) is 2.38. The van der Waals surface area contributed by atoms with E-state index < -0.39 is 6.09 Å². The number of hydrogen-bond acceptors (Lipinski definition) is 3. The first-order valence-electron chi connectivity index (χ1n) is 4.84. The first kappa shape index (κ1) is 10.3. The second-order valence-corrected chi connectivity index (χ2v) is 3.57. The van der Waals surface area contributed by atoms with Gasteiger partial charge < -0.3 is 14.7 Å². The number of hydrogen-bond donors (Lipinski definition) is 1. The fourth-order valence-electron chi connectivity index (χ4n) is 1.50. The standard InChI is InChI=1S/C11H10N2O3/c12-5-8-2-1-3-9(4-8)16-10-6-13(7-10)11(14)15/h1-4,10H,6-7H2,(H,14,15). The van der Waals surface area contributed by atoms with Crippen molar-refractivity contribution in [2.75, 3.05) is 13.1 Å². The molecule has 1 aliphatic heterocycles. The average molecular weight is 218 g/mol. The molecule has 0 unspecified atom stereocenters. The van der Waals surface area contributed by atoms with Crippen molar-refractivity contribution in [1.82, 2.24) is 4.90 Å². The number of amides is 1. The molecule has 0 saturated carbocycles. The summed E-state index contributed by atoms with van der Waals surface area (Å²) in [5, 5.41) is 17.3. The highest BCUT2D eigenvalue weighted by Crippen LogP contribution is 2.19. The van der Waals surface area contributed by atoms with Crippen LogP contribution in [0, 0.1) is 11.3 Å². The summed E-state index contributed by atoms with van der Waals surface area (Å²) in [7, 11) is 0. The largest absolute Gasteiger partial charge is 0.487 e. The second-order valence-electron chi connectivity index (χ2n) is 3.57. The van der Waals surface area contributed by atoms with E-state index in [1.54, 1.807) is 24.3 Å². The van der Waals surface area contributed by atoms with Gasteiger partial charge in [-0.2, -0.15) is 5.26 Å². The molecule has 1 aromatic carbocycles. The Bertz CT molecular complexity index is 447. The molecule has 1 heterocycles. The van der Waals surface area contributed by atoms with E-state index in [1.807, 2.05) is 6.07 Å². The number of benzene rings is 1. The van der Waals surface area contributed by atoms with Crippen LogP contribution in [0.1, 0.15) is 5.56 Å². The van der Waals surface area contributed by atoms with E-state index in [9.17, 15) is 4.79 Å². The van der Waals surface area contributed by atoms with Crippen molar-refractivity contribution in [3.05, 3.63) is 29.8 Å². The predicted molar refractivity (Wildman–Crippen MR) is 55.2 cm³/mol. The number of nitrogens with zero attached hydrogens (tertiary/aromatic N) is 2. The van der Waals surface area contributed by atoms with E-state index in [0.717, 1.165) is 0 Å². The highest BCUT2D eigenvalue weighted by molar-refractivity contribution is 5.66. The molecule has 1 N–H and O–H groups in total. The predicted octanol–water partition coefficient (Wildman–Crippen LogP) is 1.30. The molecule has 1 amide bonds. The molecule has 5 heteroatoms. The van der Waals surface area contributed by atoms with Gasteiger partial charge in [-0.25, -0.2) is 4.79 Å². The summed E-state index contributed by atoms with van der Waals surface area (Å²) in [6.45, 7) is 0.762. The monoisotopic (exact) mass is 218 g/mol. The van der Waals surface area contributed by atoms with Crippen LogP contribution in [0.5, 0.6) is 5.75 Å². The Morgan fingerprint density at radius 2 is 2.31 bits per heavy atom. The van der Waals surface area contributed by atoms with Gasteiger partial charge in [0.15, 0.2) is 0 Å². The van der Waals surface area contributed by atoms with E-state index in [2.05, 4.69) is 0 Å². The summed E-state index contributed by atoms with van der Waals surface area (Å²) in [4.78, 5) is 11.8. The van der Waals surface area contributed by atoms with E-state index >= 15 is 0 Å². The summed E-state index contributed by atoms with van der Waals surface area (Å²) >= 11 is 0. The van der Waals surface area contributed by atoms with Crippen LogP contribution in [0.15, 0.2) is 24.3 Å². The molecular formula is C11H10N2O3. The first-order chi connectivity index (χ1) is 7.69. The van der Waals surface area contributed by atoms with Gasteiger partial charge in [-0.1, -0.05) is 6.07 Å². The van der Waals surface area contributed by atoms with Gasteiger partial charge in [-0.15, -0.1) is 0 Å². The molecule has 0 radical (unpaired) electrons. The van der Waals surface area contributed by atoms with Gasteiger partial charge in [-0.05, 0) is 18.2 Å². The van der Waals surface area contributed by atoms with Gasteiger partial charge in [0.2, 0.25) is 0 Å². The van der Waals surface area contributed by atoms with Crippen LogP contribution in [-0.2, 0) is 0 Å². The quantitative estimate of drug-likeness (QED) is 0.811. The lowest BCUT2D eigenvalue weighted by molar-refractivity contribution is 0.0252. The summed E-state index contributed by atoms with van der Waals surface area (Å²) in [5.74, 6) is 0.606. The SMILES string of the molecule is N#Cc1cccc(OC2CN(C(=O)O)C2)c1. The van der Waals surface area contributed by atoms with Crippen LogP contribution < -0.4 is 4.74 Å². The Hall–Kier alpha value is -2.22. The summed E-state index contributed by atoms with van der Waals surface area (Å²) in [5.41, 5.74) is 0.534. The number of likely N-dealkylation sites (tertiary alicyclic amines) is 1. The molecule has 1 aliphatic rings. The van der Waals surface area contributed by atoms with Crippen LogP contribution in [0.3, 0.4) is 0 Å². The molecule has 5 nitrogen and oxygen atoms in total. The minimum atomic E-state index is -0.925. The number of rotatable bonds is 2. The Labute approximate surface area is 92.5 Å². The van der Waals surface area contributed by atoms with E-state index in [1.165, 1.54) is 4.90 Å². The molecule has 1 aromatic rings. The topological polar surface area (TPSA) is 73.6 Å². The first-order valence-corrected chi connectivity index (χ1v) is 4.84. The Morgan fingerprint density at radius 1 is 1.56 bits per heavy atom.